The van der Waals surface area contributed by atoms with Crippen molar-refractivity contribution in [3.8, 4) is 0 Å². The van der Waals surface area contributed by atoms with Crippen LogP contribution in [0.5, 0.6) is 0 Å². The Bertz CT molecular complexity index is 953. The summed E-state index contributed by atoms with van der Waals surface area (Å²) < 4.78 is 0. The van der Waals surface area contributed by atoms with Crippen molar-refractivity contribution in [2.45, 2.75) is 41.5 Å². The number of benzene rings is 2. The van der Waals surface area contributed by atoms with Crippen LogP contribution in [0.3, 0.4) is 0 Å². The number of hydrogen-bond acceptors (Lipinski definition) is 3. The summed E-state index contributed by atoms with van der Waals surface area (Å²) >= 11 is 0. The van der Waals surface area contributed by atoms with Gasteiger partial charge in [-0.25, -0.2) is 4.98 Å². The summed E-state index contributed by atoms with van der Waals surface area (Å²) in [6, 6.07) is 14.5. The summed E-state index contributed by atoms with van der Waals surface area (Å²) in [5, 5.41) is 0. The molecule has 0 aliphatic rings. The van der Waals surface area contributed by atoms with Crippen LogP contribution in [-0.2, 0) is 17.1 Å². The van der Waals surface area contributed by atoms with Crippen molar-refractivity contribution >= 4 is 23.8 Å². The molecule has 0 fully saturated rings. The van der Waals surface area contributed by atoms with Crippen LogP contribution in [0.4, 0.5) is 11.4 Å². The molecule has 4 heteroatoms. The van der Waals surface area contributed by atoms with Crippen molar-refractivity contribution in [3.05, 3.63) is 102 Å². The number of pyridine rings is 1. The maximum absolute atomic E-state index is 4.68. The average molecular weight is 455 g/mol. The number of aryl methyl sites for hydroxylation is 6. The molecular formula is C27H33FeN3. The fraction of sp³-hybridized carbons (Fsp3) is 0.222. The minimum Gasteiger partial charge on any atom is -0.358 e. The number of hydrogen-bond donors (Lipinski definition) is 0. The zero-order valence-corrected chi connectivity index (χ0v) is 21.0. The maximum atomic E-state index is 4.68. The Labute approximate surface area is 199 Å². The van der Waals surface area contributed by atoms with E-state index in [1.165, 1.54) is 33.4 Å². The van der Waals surface area contributed by atoms with E-state index >= 15 is 0 Å². The summed E-state index contributed by atoms with van der Waals surface area (Å²) in [6.45, 7) is 12.6. The van der Waals surface area contributed by atoms with Gasteiger partial charge in [0.15, 0.2) is 0 Å². The Morgan fingerprint density at radius 1 is 0.613 bits per heavy atom. The molecule has 3 aromatic rings. The van der Waals surface area contributed by atoms with Crippen LogP contribution in [-0.4, -0.2) is 17.4 Å². The zero-order valence-electron chi connectivity index (χ0n) is 19.9. The SMILES string of the molecule is Cc1cc(C)c(N=Cc2cccc(C=Nc3c(C)cc(C)cc3C)n2)c(C)c1.[CH3-].[CH3-].[Fe+2]. The van der Waals surface area contributed by atoms with Crippen LogP contribution in [0.25, 0.3) is 0 Å². The van der Waals surface area contributed by atoms with Crippen LogP contribution >= 0.6 is 0 Å². The first-order valence-corrected chi connectivity index (χ1v) is 9.54. The van der Waals surface area contributed by atoms with Gasteiger partial charge in [-0.05, 0) is 75.9 Å². The van der Waals surface area contributed by atoms with E-state index in [2.05, 4.69) is 80.8 Å². The van der Waals surface area contributed by atoms with Gasteiger partial charge in [-0.1, -0.05) is 41.5 Å². The second-order valence-corrected chi connectivity index (χ2v) is 7.50. The first-order valence-electron chi connectivity index (χ1n) is 9.54. The van der Waals surface area contributed by atoms with Gasteiger partial charge < -0.3 is 14.9 Å². The molecular weight excluding hydrogens is 422 g/mol. The van der Waals surface area contributed by atoms with Crippen molar-refractivity contribution in [3.63, 3.8) is 0 Å². The van der Waals surface area contributed by atoms with E-state index in [-0.39, 0.29) is 31.9 Å². The van der Waals surface area contributed by atoms with Gasteiger partial charge in [-0.2, -0.15) is 0 Å². The van der Waals surface area contributed by atoms with E-state index < -0.39 is 0 Å². The molecule has 0 amide bonds. The number of rotatable bonds is 4. The third-order valence-electron chi connectivity index (χ3n) is 4.71. The Kier molecular flexibility index (Phi) is 11.3. The quantitative estimate of drug-likeness (QED) is 0.231. The third kappa shape index (κ3) is 7.27. The van der Waals surface area contributed by atoms with Crippen LogP contribution in [0, 0.1) is 56.4 Å². The van der Waals surface area contributed by atoms with E-state index in [1.54, 1.807) is 0 Å². The van der Waals surface area contributed by atoms with Gasteiger partial charge >= 0.3 is 17.1 Å². The van der Waals surface area contributed by atoms with Gasteiger partial charge in [0.05, 0.1) is 35.2 Å². The van der Waals surface area contributed by atoms with E-state index in [1.807, 2.05) is 30.6 Å². The Morgan fingerprint density at radius 3 is 1.26 bits per heavy atom. The molecule has 0 saturated carbocycles. The molecule has 0 saturated heterocycles. The second-order valence-electron chi connectivity index (χ2n) is 7.50. The Balaban J connectivity index is 0.00000300. The monoisotopic (exact) mass is 455 g/mol. The van der Waals surface area contributed by atoms with E-state index in [0.29, 0.717) is 0 Å². The summed E-state index contributed by atoms with van der Waals surface area (Å²) in [6.07, 6.45) is 3.65. The largest absolute Gasteiger partial charge is 2.00 e. The van der Waals surface area contributed by atoms with Gasteiger partial charge in [0.2, 0.25) is 0 Å². The topological polar surface area (TPSA) is 37.6 Å². The molecule has 1 heterocycles. The third-order valence-corrected chi connectivity index (χ3v) is 4.71. The summed E-state index contributed by atoms with van der Waals surface area (Å²) in [5.41, 5.74) is 10.9. The van der Waals surface area contributed by atoms with E-state index in [0.717, 1.165) is 22.8 Å². The molecule has 2 aromatic carbocycles. The molecule has 0 aliphatic heterocycles. The normalized spacial score (nSPS) is 10.5. The van der Waals surface area contributed by atoms with Crippen LogP contribution in [0.2, 0.25) is 0 Å². The molecule has 0 bridgehead atoms. The zero-order chi connectivity index (χ0) is 20.3. The summed E-state index contributed by atoms with van der Waals surface area (Å²) in [5.74, 6) is 0. The van der Waals surface area contributed by atoms with Crippen molar-refractivity contribution in [1.29, 1.82) is 0 Å². The molecule has 0 spiro atoms. The molecule has 31 heavy (non-hydrogen) atoms. The van der Waals surface area contributed by atoms with Gasteiger partial charge in [0.1, 0.15) is 0 Å². The van der Waals surface area contributed by atoms with E-state index in [9.17, 15) is 0 Å². The second kappa shape index (κ2) is 12.3. The molecule has 3 rings (SSSR count). The predicted octanol–water partition coefficient (Wildman–Crippen LogP) is 7.33. The molecule has 164 valence electrons. The first kappa shape index (κ1) is 28.4. The molecule has 0 radical (unpaired) electrons. The maximum Gasteiger partial charge on any atom is 2.00 e. The molecule has 0 atom stereocenters. The van der Waals surface area contributed by atoms with Crippen LogP contribution in [0.15, 0.2) is 52.4 Å². The van der Waals surface area contributed by atoms with Crippen LogP contribution < -0.4 is 0 Å². The summed E-state index contributed by atoms with van der Waals surface area (Å²) in [4.78, 5) is 14.0. The number of aromatic nitrogens is 1. The van der Waals surface area contributed by atoms with Crippen molar-refractivity contribution in [1.82, 2.24) is 4.98 Å². The van der Waals surface area contributed by atoms with Gasteiger partial charge in [0.25, 0.3) is 0 Å². The predicted molar refractivity (Wildman–Crippen MR) is 133 cm³/mol. The standard InChI is InChI=1S/C25H27N3.2CH3.Fe/c1-16-10-18(3)24(19(4)11-16)26-14-22-8-7-9-23(28-22)15-27-25-20(5)12-17(2)13-21(25)6;;;/h7-15H,1-6H3;2*1H3;/q;2*-1;+2. The minimum atomic E-state index is 0. The minimum absolute atomic E-state index is 0. The number of nitrogens with zero attached hydrogens (tertiary/aromatic N) is 3. The molecule has 0 N–H and O–H groups in total. The summed E-state index contributed by atoms with van der Waals surface area (Å²) in [7, 11) is 0. The van der Waals surface area contributed by atoms with Crippen molar-refractivity contribution < 1.29 is 17.1 Å². The Morgan fingerprint density at radius 2 is 0.935 bits per heavy atom. The Hall–Kier alpha value is -2.55. The van der Waals surface area contributed by atoms with E-state index in [4.69, 9.17) is 0 Å². The van der Waals surface area contributed by atoms with Gasteiger partial charge in [-0.3, -0.25) is 9.98 Å². The fourth-order valence-corrected chi connectivity index (χ4v) is 3.63. The van der Waals surface area contributed by atoms with Gasteiger partial charge in [-0.15, -0.1) is 0 Å². The van der Waals surface area contributed by atoms with Gasteiger partial charge in [0, 0.05) is 0 Å². The van der Waals surface area contributed by atoms with Crippen LogP contribution in [0.1, 0.15) is 44.8 Å². The molecule has 3 nitrogen and oxygen atoms in total. The average Bonchev–Trinajstić information content (AvgIpc) is 2.60. The fourth-order valence-electron chi connectivity index (χ4n) is 3.63. The van der Waals surface area contributed by atoms with Crippen molar-refractivity contribution in [2.75, 3.05) is 0 Å². The smallest absolute Gasteiger partial charge is 0.358 e. The van der Waals surface area contributed by atoms with Crippen molar-refractivity contribution in [2.24, 2.45) is 9.98 Å². The number of aliphatic imine (C=N–C) groups is 2. The molecule has 0 aliphatic carbocycles. The molecule has 1 aromatic heterocycles. The molecule has 0 unspecified atom stereocenters. The first-order chi connectivity index (χ1) is 13.3.